The number of pyridine rings is 2. The third-order valence-electron chi connectivity index (χ3n) is 4.87. The molecule has 6 heteroatoms. The summed E-state index contributed by atoms with van der Waals surface area (Å²) in [6.07, 6.45) is 3.47. The van der Waals surface area contributed by atoms with Gasteiger partial charge in [-0.3, -0.25) is 9.78 Å². The van der Waals surface area contributed by atoms with Crippen molar-refractivity contribution in [2.75, 3.05) is 0 Å². The van der Waals surface area contributed by atoms with E-state index in [2.05, 4.69) is 15.5 Å². The van der Waals surface area contributed by atoms with Crippen molar-refractivity contribution < 1.29 is 9.53 Å². The van der Waals surface area contributed by atoms with Crippen LogP contribution in [0.25, 0.3) is 22.2 Å². The molecule has 0 bridgehead atoms. The molecule has 0 saturated carbocycles. The first-order chi connectivity index (χ1) is 15.5. The maximum absolute atomic E-state index is 13.1. The van der Waals surface area contributed by atoms with E-state index in [0.29, 0.717) is 17.0 Å². The number of carbonyl (C=O) groups excluding carboxylic acids is 1. The molecule has 0 saturated heterocycles. The fourth-order valence-corrected chi connectivity index (χ4v) is 3.35. The minimum atomic E-state index is -0.303. The third-order valence-corrected chi connectivity index (χ3v) is 4.87. The van der Waals surface area contributed by atoms with E-state index in [1.807, 2.05) is 81.4 Å². The number of carbonyl (C=O) groups is 1. The van der Waals surface area contributed by atoms with Gasteiger partial charge in [-0.1, -0.05) is 36.4 Å². The van der Waals surface area contributed by atoms with Crippen LogP contribution in [0.4, 0.5) is 0 Å². The number of nitrogens with one attached hydrogen (secondary N) is 1. The van der Waals surface area contributed by atoms with Gasteiger partial charge in [-0.05, 0) is 51.1 Å². The molecule has 1 amide bonds. The summed E-state index contributed by atoms with van der Waals surface area (Å²) in [6.45, 7) is 5.79. The van der Waals surface area contributed by atoms with Gasteiger partial charge in [0, 0.05) is 28.9 Å². The van der Waals surface area contributed by atoms with E-state index >= 15 is 0 Å². The van der Waals surface area contributed by atoms with Gasteiger partial charge in [0.15, 0.2) is 0 Å². The summed E-state index contributed by atoms with van der Waals surface area (Å²) >= 11 is 0. The minimum absolute atomic E-state index is 0.0667. The Labute approximate surface area is 187 Å². The van der Waals surface area contributed by atoms with Crippen LogP contribution in [0.3, 0.4) is 0 Å². The van der Waals surface area contributed by atoms with Crippen molar-refractivity contribution in [3.63, 3.8) is 0 Å². The lowest BCUT2D eigenvalue weighted by atomic mass is 10.0. The second kappa shape index (κ2) is 9.39. The molecule has 2 aromatic carbocycles. The Hall–Kier alpha value is -4.06. The fourth-order valence-electron chi connectivity index (χ4n) is 3.35. The maximum Gasteiger partial charge on any atom is 0.272 e. The highest BCUT2D eigenvalue weighted by molar-refractivity contribution is 6.08. The van der Waals surface area contributed by atoms with Crippen molar-refractivity contribution >= 4 is 22.5 Å². The van der Waals surface area contributed by atoms with E-state index < -0.39 is 0 Å². The van der Waals surface area contributed by atoms with E-state index in [1.165, 1.54) is 0 Å². The zero-order chi connectivity index (χ0) is 22.5. The van der Waals surface area contributed by atoms with Crippen molar-refractivity contribution in [1.29, 1.82) is 0 Å². The number of rotatable bonds is 6. The van der Waals surface area contributed by atoms with Gasteiger partial charge in [0.25, 0.3) is 5.91 Å². The second-order valence-corrected chi connectivity index (χ2v) is 7.65. The first-order valence-corrected chi connectivity index (χ1v) is 10.4. The van der Waals surface area contributed by atoms with Gasteiger partial charge in [-0.15, -0.1) is 0 Å². The largest absolute Gasteiger partial charge is 0.491 e. The van der Waals surface area contributed by atoms with E-state index in [4.69, 9.17) is 9.72 Å². The Balaban J connectivity index is 1.71. The molecule has 0 aliphatic carbocycles. The number of benzene rings is 2. The highest BCUT2D eigenvalue weighted by atomic mass is 16.5. The van der Waals surface area contributed by atoms with Gasteiger partial charge in [0.05, 0.1) is 28.6 Å². The predicted octanol–water partition coefficient (Wildman–Crippen LogP) is 5.24. The van der Waals surface area contributed by atoms with Crippen LogP contribution in [0.1, 0.15) is 36.7 Å². The fraction of sp³-hybridized carbons (Fsp3) is 0.154. The van der Waals surface area contributed by atoms with E-state index in [9.17, 15) is 4.79 Å². The number of nitrogens with zero attached hydrogens (tertiary/aromatic N) is 3. The van der Waals surface area contributed by atoms with E-state index in [-0.39, 0.29) is 12.0 Å². The lowest BCUT2D eigenvalue weighted by Crippen LogP contribution is -2.20. The molecule has 2 heterocycles. The molecule has 0 unspecified atom stereocenters. The molecular formula is C26H24N4O2. The Morgan fingerprint density at radius 1 is 1.03 bits per heavy atom. The van der Waals surface area contributed by atoms with Crippen LogP contribution in [0, 0.1) is 0 Å². The number of aromatic nitrogens is 2. The summed E-state index contributed by atoms with van der Waals surface area (Å²) in [5, 5.41) is 5.03. The molecule has 4 rings (SSSR count). The average Bonchev–Trinajstić information content (AvgIpc) is 2.82. The highest BCUT2D eigenvalue weighted by Gasteiger charge is 2.14. The molecule has 0 aliphatic heterocycles. The van der Waals surface area contributed by atoms with Crippen LogP contribution < -0.4 is 10.2 Å². The Morgan fingerprint density at radius 2 is 1.88 bits per heavy atom. The molecule has 0 aliphatic rings. The topological polar surface area (TPSA) is 76.5 Å². The number of hydrogen-bond acceptors (Lipinski definition) is 5. The zero-order valence-corrected chi connectivity index (χ0v) is 18.2. The lowest BCUT2D eigenvalue weighted by Gasteiger charge is -2.12. The molecular weight excluding hydrogens is 400 g/mol. The molecule has 0 radical (unpaired) electrons. The number of hydrazone groups is 1. The summed E-state index contributed by atoms with van der Waals surface area (Å²) in [4.78, 5) is 22.0. The van der Waals surface area contributed by atoms with Crippen LogP contribution in [0.15, 0.2) is 84.2 Å². The quantitative estimate of drug-likeness (QED) is 0.339. The average molecular weight is 425 g/mol. The molecule has 0 atom stereocenters. The summed E-state index contributed by atoms with van der Waals surface area (Å²) in [6, 6.07) is 20.8. The normalized spacial score (nSPS) is 11.6. The molecule has 160 valence electrons. The maximum atomic E-state index is 13.1. The summed E-state index contributed by atoms with van der Waals surface area (Å²) < 4.78 is 5.82. The van der Waals surface area contributed by atoms with E-state index in [1.54, 1.807) is 18.5 Å². The second-order valence-electron chi connectivity index (χ2n) is 7.65. The Bertz CT molecular complexity index is 1280. The lowest BCUT2D eigenvalue weighted by molar-refractivity contribution is 0.0956. The van der Waals surface area contributed by atoms with Crippen LogP contribution in [0.2, 0.25) is 0 Å². The first-order valence-electron chi connectivity index (χ1n) is 10.4. The van der Waals surface area contributed by atoms with Gasteiger partial charge in [0.2, 0.25) is 0 Å². The van der Waals surface area contributed by atoms with Gasteiger partial charge in [-0.25, -0.2) is 10.4 Å². The Morgan fingerprint density at radius 3 is 2.66 bits per heavy atom. The number of hydrogen-bond donors (Lipinski definition) is 1. The predicted molar refractivity (Wildman–Crippen MR) is 127 cm³/mol. The van der Waals surface area contributed by atoms with Crippen LogP contribution in [0.5, 0.6) is 5.75 Å². The highest BCUT2D eigenvalue weighted by Crippen LogP contribution is 2.27. The molecule has 0 spiro atoms. The summed E-state index contributed by atoms with van der Waals surface area (Å²) in [7, 11) is 0. The summed E-state index contributed by atoms with van der Waals surface area (Å²) in [5.41, 5.74) is 6.99. The molecule has 0 fully saturated rings. The molecule has 6 nitrogen and oxygen atoms in total. The van der Waals surface area contributed by atoms with Crippen molar-refractivity contribution in [3.05, 3.63) is 90.3 Å². The Kier molecular flexibility index (Phi) is 6.22. The van der Waals surface area contributed by atoms with Crippen molar-refractivity contribution in [1.82, 2.24) is 15.4 Å². The van der Waals surface area contributed by atoms with Crippen LogP contribution in [-0.2, 0) is 0 Å². The van der Waals surface area contributed by atoms with Crippen molar-refractivity contribution in [3.8, 4) is 17.0 Å². The van der Waals surface area contributed by atoms with Gasteiger partial charge < -0.3 is 4.74 Å². The third kappa shape index (κ3) is 4.81. The monoisotopic (exact) mass is 424 g/mol. The van der Waals surface area contributed by atoms with Crippen LogP contribution in [-0.4, -0.2) is 27.7 Å². The summed E-state index contributed by atoms with van der Waals surface area (Å²) in [5.74, 6) is 0.456. The van der Waals surface area contributed by atoms with Crippen molar-refractivity contribution in [2.24, 2.45) is 5.10 Å². The minimum Gasteiger partial charge on any atom is -0.491 e. The molecule has 2 aromatic heterocycles. The standard InChI is InChI=1S/C26H24N4O2/c1-17(2)32-21-10-6-8-19(14-21)25-15-23(22-11-4-5-12-24(22)28-25)26(31)30-29-18(3)20-9-7-13-27-16-20/h4-17H,1-3H3,(H,30,31). The molecule has 1 N–H and O–H groups in total. The molecule has 4 aromatic rings. The van der Waals surface area contributed by atoms with Gasteiger partial charge in [0.1, 0.15) is 5.75 Å². The number of ether oxygens (including phenoxy) is 1. The first kappa shape index (κ1) is 21.2. The SMILES string of the molecule is CC(=NNC(=O)c1cc(-c2cccc(OC(C)C)c2)nc2ccccc12)c1cccnc1. The molecule has 32 heavy (non-hydrogen) atoms. The van der Waals surface area contributed by atoms with Gasteiger partial charge >= 0.3 is 0 Å². The number of amides is 1. The van der Waals surface area contributed by atoms with Crippen LogP contribution >= 0.6 is 0 Å². The number of fused-ring (bicyclic) bond motifs is 1. The van der Waals surface area contributed by atoms with Gasteiger partial charge in [-0.2, -0.15) is 5.10 Å². The smallest absolute Gasteiger partial charge is 0.272 e. The van der Waals surface area contributed by atoms with E-state index in [0.717, 1.165) is 27.8 Å². The number of para-hydroxylation sites is 1. The zero-order valence-electron chi connectivity index (χ0n) is 18.2. The van der Waals surface area contributed by atoms with Crippen molar-refractivity contribution in [2.45, 2.75) is 26.9 Å².